The molecule has 0 spiro atoms. The molecule has 4 heterocycles. The van der Waals surface area contributed by atoms with Gasteiger partial charge in [0, 0.05) is 61.7 Å². The van der Waals surface area contributed by atoms with Gasteiger partial charge in [-0.15, -0.1) is 0 Å². The maximum absolute atomic E-state index is 13.1. The van der Waals surface area contributed by atoms with E-state index >= 15 is 0 Å². The number of carbonyl (C=O) groups excluding carboxylic acids is 1. The number of hydrogen-bond acceptors (Lipinski definition) is 10. The first-order valence-corrected chi connectivity index (χ1v) is 15.4. The average molecular weight is 641 g/mol. The Bertz CT molecular complexity index is 1750. The lowest BCUT2D eigenvalue weighted by atomic mass is 10.1. The number of carbonyl (C=O) groups is 1. The van der Waals surface area contributed by atoms with E-state index in [9.17, 15) is 10.1 Å². The molecule has 2 aliphatic rings. The van der Waals surface area contributed by atoms with E-state index in [2.05, 4.69) is 31.6 Å². The van der Waals surface area contributed by atoms with Crippen molar-refractivity contribution in [3.63, 3.8) is 0 Å². The number of nitriles is 1. The van der Waals surface area contributed by atoms with Gasteiger partial charge >= 0.3 is 0 Å². The van der Waals surface area contributed by atoms with Crippen molar-refractivity contribution in [3.05, 3.63) is 89.4 Å². The second-order valence-electron chi connectivity index (χ2n) is 10.8. The van der Waals surface area contributed by atoms with E-state index in [4.69, 9.17) is 30.5 Å². The molecule has 1 unspecified atom stereocenters. The van der Waals surface area contributed by atoms with E-state index in [0.717, 1.165) is 25.2 Å². The molecule has 11 nitrogen and oxygen atoms in total. The number of ether oxygens (including phenoxy) is 4. The molecule has 236 valence electrons. The Morgan fingerprint density at radius 2 is 2.00 bits per heavy atom. The second-order valence-corrected chi connectivity index (χ2v) is 11.2. The standard InChI is InChI=1S/C34H33ClN6O5/c35-28-16-24(6-7-31(28)45-21-25-4-1-2-9-37-25)39-34-23(19-36)20-38-29-18-32(46-26-8-13-44-22-26)30(17-27(29)34)40-33(42)5-3-10-41-11-14-43-15-12-41/h1-7,9,16-18,20,26H,8,10-15,21-22H2,(H,38,39)(H,40,42)/b5-3+. The Kier molecular flexibility index (Phi) is 10.2. The van der Waals surface area contributed by atoms with Gasteiger partial charge in [-0.3, -0.25) is 19.7 Å². The van der Waals surface area contributed by atoms with E-state index in [1.54, 1.807) is 30.5 Å². The number of aromatic nitrogens is 2. The molecule has 0 saturated carbocycles. The number of nitrogens with one attached hydrogen (secondary N) is 2. The van der Waals surface area contributed by atoms with Crippen LogP contribution in [0.5, 0.6) is 11.5 Å². The molecule has 12 heteroatoms. The minimum atomic E-state index is -0.299. The van der Waals surface area contributed by atoms with Crippen LogP contribution in [0.15, 0.2) is 73.1 Å². The van der Waals surface area contributed by atoms with Gasteiger partial charge in [0.05, 0.1) is 59.6 Å². The molecule has 2 saturated heterocycles. The summed E-state index contributed by atoms with van der Waals surface area (Å²) in [6, 6.07) is 16.7. The van der Waals surface area contributed by atoms with Crippen LogP contribution in [-0.2, 0) is 20.9 Å². The maximum atomic E-state index is 13.1. The summed E-state index contributed by atoms with van der Waals surface area (Å²) in [6.07, 6.45) is 7.15. The Morgan fingerprint density at radius 1 is 1.11 bits per heavy atom. The van der Waals surface area contributed by atoms with Crippen LogP contribution in [0.25, 0.3) is 10.9 Å². The van der Waals surface area contributed by atoms with E-state index in [0.29, 0.717) is 83.0 Å². The number of fused-ring (bicyclic) bond motifs is 1. The summed E-state index contributed by atoms with van der Waals surface area (Å²) >= 11 is 6.58. The van der Waals surface area contributed by atoms with Gasteiger partial charge in [0.25, 0.3) is 0 Å². The summed E-state index contributed by atoms with van der Waals surface area (Å²) in [5, 5.41) is 17.3. The minimum absolute atomic E-state index is 0.151. The second kappa shape index (κ2) is 15.0. The largest absolute Gasteiger partial charge is 0.486 e. The van der Waals surface area contributed by atoms with Crippen LogP contribution in [0.2, 0.25) is 5.02 Å². The van der Waals surface area contributed by atoms with E-state index < -0.39 is 0 Å². The predicted octanol–water partition coefficient (Wildman–Crippen LogP) is 5.47. The van der Waals surface area contributed by atoms with Gasteiger partial charge in [-0.2, -0.15) is 5.26 Å². The molecule has 0 aliphatic carbocycles. The van der Waals surface area contributed by atoms with Crippen molar-refractivity contribution >= 4 is 45.5 Å². The Labute approximate surface area is 271 Å². The third-order valence-electron chi connectivity index (χ3n) is 7.57. The highest BCUT2D eigenvalue weighted by Gasteiger charge is 2.21. The van der Waals surface area contributed by atoms with Gasteiger partial charge in [-0.25, -0.2) is 0 Å². The zero-order chi connectivity index (χ0) is 31.7. The van der Waals surface area contributed by atoms with Crippen molar-refractivity contribution in [2.45, 2.75) is 19.1 Å². The topological polar surface area (TPSA) is 131 Å². The number of benzene rings is 2. The number of pyridine rings is 2. The van der Waals surface area contributed by atoms with Crippen LogP contribution < -0.4 is 20.1 Å². The lowest BCUT2D eigenvalue weighted by molar-refractivity contribution is -0.111. The van der Waals surface area contributed by atoms with Crippen LogP contribution >= 0.6 is 11.6 Å². The van der Waals surface area contributed by atoms with E-state index in [1.807, 2.05) is 30.3 Å². The normalized spacial score (nSPS) is 16.7. The zero-order valence-corrected chi connectivity index (χ0v) is 25.8. The summed E-state index contributed by atoms with van der Waals surface area (Å²) in [6.45, 7) is 5.02. The smallest absolute Gasteiger partial charge is 0.248 e. The summed E-state index contributed by atoms with van der Waals surface area (Å²) in [4.78, 5) is 24.1. The van der Waals surface area contributed by atoms with E-state index in [-0.39, 0.29) is 18.6 Å². The molecular formula is C34H33ClN6O5. The average Bonchev–Trinajstić information content (AvgIpc) is 3.59. The van der Waals surface area contributed by atoms with Gasteiger partial charge in [-0.1, -0.05) is 23.7 Å². The molecule has 2 aromatic heterocycles. The van der Waals surface area contributed by atoms with Gasteiger partial charge in [0.1, 0.15) is 30.3 Å². The van der Waals surface area contributed by atoms with Gasteiger partial charge in [0.2, 0.25) is 5.91 Å². The highest BCUT2D eigenvalue weighted by Crippen LogP contribution is 2.38. The van der Waals surface area contributed by atoms with Gasteiger partial charge in [0.15, 0.2) is 0 Å². The number of nitrogens with zero attached hydrogens (tertiary/aromatic N) is 4. The lowest BCUT2D eigenvalue weighted by Gasteiger charge is -2.25. The van der Waals surface area contributed by atoms with Gasteiger partial charge < -0.3 is 29.6 Å². The Hall–Kier alpha value is -4.73. The number of rotatable bonds is 11. The Balaban J connectivity index is 1.26. The van der Waals surface area contributed by atoms with Crippen molar-refractivity contribution < 1.29 is 23.7 Å². The SMILES string of the molecule is N#Cc1cnc2cc(OC3CCOC3)c(NC(=O)/C=C/CN3CCOCC3)cc2c1Nc1ccc(OCc2ccccn2)c(Cl)c1. The summed E-state index contributed by atoms with van der Waals surface area (Å²) in [7, 11) is 0. The molecule has 46 heavy (non-hydrogen) atoms. The molecule has 4 aromatic rings. The van der Waals surface area contributed by atoms with Crippen LogP contribution in [-0.4, -0.2) is 72.9 Å². The molecule has 2 aromatic carbocycles. The monoisotopic (exact) mass is 640 g/mol. The fourth-order valence-electron chi connectivity index (χ4n) is 5.16. The molecular weight excluding hydrogens is 608 g/mol. The van der Waals surface area contributed by atoms with Crippen molar-refractivity contribution in [3.8, 4) is 17.6 Å². The van der Waals surface area contributed by atoms with Crippen molar-refractivity contribution in [1.29, 1.82) is 5.26 Å². The fourth-order valence-corrected chi connectivity index (χ4v) is 5.40. The highest BCUT2D eigenvalue weighted by molar-refractivity contribution is 6.32. The number of hydrogen-bond donors (Lipinski definition) is 2. The van der Waals surface area contributed by atoms with Gasteiger partial charge in [-0.05, 0) is 36.4 Å². The number of anilines is 3. The van der Waals surface area contributed by atoms with Crippen molar-refractivity contribution in [2.75, 3.05) is 56.7 Å². The first kappa shape index (κ1) is 31.3. The first-order chi connectivity index (χ1) is 22.6. The number of morpholine rings is 1. The van der Waals surface area contributed by atoms with Crippen LogP contribution in [0, 0.1) is 11.3 Å². The third-order valence-corrected chi connectivity index (χ3v) is 7.86. The van der Waals surface area contributed by atoms with Crippen molar-refractivity contribution in [1.82, 2.24) is 14.9 Å². The quantitative estimate of drug-likeness (QED) is 0.203. The molecule has 2 N–H and O–H groups in total. The zero-order valence-electron chi connectivity index (χ0n) is 25.1. The summed E-state index contributed by atoms with van der Waals surface area (Å²) in [5.74, 6) is 0.674. The minimum Gasteiger partial charge on any atom is -0.486 e. The highest BCUT2D eigenvalue weighted by atomic mass is 35.5. The third kappa shape index (κ3) is 7.91. The molecule has 2 fully saturated rings. The fraction of sp³-hybridized carbons (Fsp3) is 0.294. The summed E-state index contributed by atoms with van der Waals surface area (Å²) in [5.41, 5.74) is 3.29. The maximum Gasteiger partial charge on any atom is 0.248 e. The Morgan fingerprint density at radius 3 is 2.76 bits per heavy atom. The number of halogens is 1. The van der Waals surface area contributed by atoms with Crippen LogP contribution in [0.1, 0.15) is 17.7 Å². The molecule has 0 radical (unpaired) electrons. The molecule has 1 amide bonds. The molecule has 2 aliphatic heterocycles. The number of amides is 1. The van der Waals surface area contributed by atoms with Crippen LogP contribution in [0.3, 0.4) is 0 Å². The first-order valence-electron chi connectivity index (χ1n) is 15.0. The summed E-state index contributed by atoms with van der Waals surface area (Å²) < 4.78 is 23.0. The molecule has 1 atom stereocenters. The predicted molar refractivity (Wildman–Crippen MR) is 175 cm³/mol. The van der Waals surface area contributed by atoms with Crippen LogP contribution in [0.4, 0.5) is 17.1 Å². The lowest BCUT2D eigenvalue weighted by Crippen LogP contribution is -2.36. The van der Waals surface area contributed by atoms with Crippen molar-refractivity contribution in [2.24, 2.45) is 0 Å². The molecule has 6 rings (SSSR count). The molecule has 0 bridgehead atoms. The van der Waals surface area contributed by atoms with E-state index in [1.165, 1.54) is 12.3 Å².